The van der Waals surface area contributed by atoms with E-state index >= 15 is 0 Å². The second kappa shape index (κ2) is 6.47. The van der Waals surface area contributed by atoms with Crippen molar-refractivity contribution in [3.8, 4) is 5.69 Å². The van der Waals surface area contributed by atoms with E-state index in [9.17, 15) is 4.79 Å². The molecule has 0 radical (unpaired) electrons. The first-order valence-corrected chi connectivity index (χ1v) is 8.24. The summed E-state index contributed by atoms with van der Waals surface area (Å²) in [6.45, 7) is 3.98. The topological polar surface area (TPSA) is 72.7 Å². The summed E-state index contributed by atoms with van der Waals surface area (Å²) in [4.78, 5) is 16.5. The average Bonchev–Trinajstić information content (AvgIpc) is 3.16. The monoisotopic (exact) mass is 347 g/mol. The van der Waals surface area contributed by atoms with Crippen LogP contribution in [0.5, 0.6) is 0 Å². The normalized spacial score (nSPS) is 11.0. The van der Waals surface area contributed by atoms with Crippen molar-refractivity contribution in [2.75, 3.05) is 5.32 Å². The molecular formula is C15H14ClN5OS. The molecule has 2 heterocycles. The molecule has 8 heteroatoms. The highest BCUT2D eigenvalue weighted by Gasteiger charge is 2.23. The molecule has 0 aliphatic rings. The first kappa shape index (κ1) is 15.6. The fraction of sp³-hybridized carbons (Fsp3) is 0.200. The van der Waals surface area contributed by atoms with Gasteiger partial charge in [0.1, 0.15) is 0 Å². The fourth-order valence-electron chi connectivity index (χ4n) is 2.18. The van der Waals surface area contributed by atoms with Crippen molar-refractivity contribution in [2.24, 2.45) is 0 Å². The highest BCUT2D eigenvalue weighted by atomic mass is 35.5. The lowest BCUT2D eigenvalue weighted by Crippen LogP contribution is -2.16. The van der Waals surface area contributed by atoms with E-state index in [-0.39, 0.29) is 11.8 Å². The molecule has 0 aliphatic heterocycles. The maximum atomic E-state index is 12.5. The predicted molar refractivity (Wildman–Crippen MR) is 90.5 cm³/mol. The number of nitrogens with zero attached hydrogens (tertiary/aromatic N) is 4. The minimum absolute atomic E-state index is 0.0673. The van der Waals surface area contributed by atoms with Crippen molar-refractivity contribution >= 4 is 34.0 Å². The summed E-state index contributed by atoms with van der Waals surface area (Å²) in [5.74, 6) is -0.249. The van der Waals surface area contributed by atoms with Gasteiger partial charge in [-0.25, -0.2) is 9.67 Å². The molecule has 0 saturated heterocycles. The van der Waals surface area contributed by atoms with Crippen LogP contribution in [-0.2, 0) is 0 Å². The number of nitrogens with one attached hydrogen (secondary N) is 1. The summed E-state index contributed by atoms with van der Waals surface area (Å²) in [7, 11) is 0. The molecule has 0 aliphatic carbocycles. The van der Waals surface area contributed by atoms with Gasteiger partial charge in [-0.2, -0.15) is 0 Å². The second-order valence-corrected chi connectivity index (χ2v) is 6.49. The van der Waals surface area contributed by atoms with Crippen LogP contribution in [0.2, 0.25) is 5.02 Å². The number of carbonyl (C=O) groups is 1. The van der Waals surface area contributed by atoms with Crippen LogP contribution in [0.15, 0.2) is 35.8 Å². The van der Waals surface area contributed by atoms with Gasteiger partial charge in [0.2, 0.25) is 0 Å². The molecule has 1 aromatic carbocycles. The fourth-order valence-corrected chi connectivity index (χ4v) is 2.83. The summed E-state index contributed by atoms with van der Waals surface area (Å²) >= 11 is 7.27. The van der Waals surface area contributed by atoms with Gasteiger partial charge in [0.25, 0.3) is 5.91 Å². The molecule has 0 spiro atoms. The smallest absolute Gasteiger partial charge is 0.279 e. The first-order chi connectivity index (χ1) is 11.1. The zero-order valence-electron chi connectivity index (χ0n) is 12.5. The predicted octanol–water partition coefficient (Wildman–Crippen LogP) is 3.75. The van der Waals surface area contributed by atoms with Crippen molar-refractivity contribution in [3.05, 3.63) is 52.3 Å². The Morgan fingerprint density at radius 1 is 1.30 bits per heavy atom. The Morgan fingerprint density at radius 3 is 2.65 bits per heavy atom. The van der Waals surface area contributed by atoms with Crippen LogP contribution in [-0.4, -0.2) is 25.9 Å². The summed E-state index contributed by atoms with van der Waals surface area (Å²) in [5, 5.41) is 13.9. The van der Waals surface area contributed by atoms with Gasteiger partial charge in [0.15, 0.2) is 10.8 Å². The molecule has 0 saturated carbocycles. The molecule has 1 N–H and O–H groups in total. The summed E-state index contributed by atoms with van der Waals surface area (Å²) in [6.07, 6.45) is 1.63. The third-order valence-corrected chi connectivity index (χ3v) is 4.13. The lowest BCUT2D eigenvalue weighted by atomic mass is 10.1. The lowest BCUT2D eigenvalue weighted by Gasteiger charge is -2.10. The molecule has 118 valence electrons. The molecule has 1 amide bonds. The Kier molecular flexibility index (Phi) is 4.40. The van der Waals surface area contributed by atoms with Crippen molar-refractivity contribution in [1.82, 2.24) is 20.0 Å². The van der Waals surface area contributed by atoms with Crippen molar-refractivity contribution in [1.29, 1.82) is 0 Å². The van der Waals surface area contributed by atoms with Crippen LogP contribution in [0.1, 0.15) is 35.9 Å². The minimum atomic E-state index is -0.316. The molecule has 23 heavy (non-hydrogen) atoms. The Hall–Kier alpha value is -2.25. The molecule has 6 nitrogen and oxygen atoms in total. The van der Waals surface area contributed by atoms with Crippen LogP contribution in [0.25, 0.3) is 5.69 Å². The zero-order valence-corrected chi connectivity index (χ0v) is 14.1. The van der Waals surface area contributed by atoms with Crippen LogP contribution < -0.4 is 5.32 Å². The maximum Gasteiger partial charge on any atom is 0.279 e. The quantitative estimate of drug-likeness (QED) is 0.780. The minimum Gasteiger partial charge on any atom is -0.296 e. The Labute approximate surface area is 142 Å². The van der Waals surface area contributed by atoms with E-state index in [4.69, 9.17) is 11.6 Å². The molecule has 3 aromatic rings. The highest BCUT2D eigenvalue weighted by molar-refractivity contribution is 7.13. The number of hydrogen-bond donors (Lipinski definition) is 1. The molecule has 0 atom stereocenters. The van der Waals surface area contributed by atoms with Gasteiger partial charge in [0.05, 0.1) is 11.4 Å². The Balaban J connectivity index is 1.98. The van der Waals surface area contributed by atoms with Crippen molar-refractivity contribution in [3.63, 3.8) is 0 Å². The van der Waals surface area contributed by atoms with Gasteiger partial charge in [-0.05, 0) is 30.2 Å². The summed E-state index contributed by atoms with van der Waals surface area (Å²) in [5.41, 5.74) is 1.84. The van der Waals surface area contributed by atoms with Crippen LogP contribution in [0, 0.1) is 0 Å². The van der Waals surface area contributed by atoms with Gasteiger partial charge in [-0.3, -0.25) is 10.1 Å². The molecule has 2 aromatic heterocycles. The Morgan fingerprint density at radius 2 is 2.04 bits per heavy atom. The lowest BCUT2D eigenvalue weighted by molar-refractivity contribution is 0.102. The van der Waals surface area contributed by atoms with Gasteiger partial charge < -0.3 is 0 Å². The van der Waals surface area contributed by atoms with E-state index in [1.165, 1.54) is 11.3 Å². The number of carbonyl (C=O) groups excluding carboxylic acids is 1. The van der Waals surface area contributed by atoms with Crippen molar-refractivity contribution in [2.45, 2.75) is 19.8 Å². The van der Waals surface area contributed by atoms with E-state index in [1.54, 1.807) is 28.4 Å². The highest BCUT2D eigenvalue weighted by Crippen LogP contribution is 2.23. The molecule has 0 bridgehead atoms. The maximum absolute atomic E-state index is 12.5. The van der Waals surface area contributed by atoms with Gasteiger partial charge in [-0.15, -0.1) is 16.4 Å². The Bertz CT molecular complexity index is 811. The van der Waals surface area contributed by atoms with E-state index in [0.717, 1.165) is 11.4 Å². The SMILES string of the molecule is CC(C)c1c(C(=O)Nc2nccs2)nnn1-c1ccc(Cl)cc1. The standard InChI is InChI=1S/C15H14ClN5OS/c1-9(2)13-12(14(22)18-15-17-7-8-23-15)19-20-21(13)11-5-3-10(16)4-6-11/h3-9H,1-2H3,(H,17,18,22). The third-order valence-electron chi connectivity index (χ3n) is 3.19. The molecule has 0 fully saturated rings. The van der Waals surface area contributed by atoms with Crippen LogP contribution in [0.4, 0.5) is 5.13 Å². The van der Waals surface area contributed by atoms with Gasteiger partial charge in [-0.1, -0.05) is 30.7 Å². The van der Waals surface area contributed by atoms with Gasteiger partial charge >= 0.3 is 0 Å². The van der Waals surface area contributed by atoms with Crippen LogP contribution >= 0.6 is 22.9 Å². The van der Waals surface area contributed by atoms with E-state index < -0.39 is 0 Å². The number of hydrogen-bond acceptors (Lipinski definition) is 5. The van der Waals surface area contributed by atoms with E-state index in [0.29, 0.717) is 15.8 Å². The van der Waals surface area contributed by atoms with Crippen molar-refractivity contribution < 1.29 is 4.79 Å². The van der Waals surface area contributed by atoms with E-state index in [2.05, 4.69) is 20.6 Å². The largest absolute Gasteiger partial charge is 0.296 e. The molecule has 0 unspecified atom stereocenters. The summed E-state index contributed by atoms with van der Waals surface area (Å²) in [6, 6.07) is 7.23. The second-order valence-electron chi connectivity index (χ2n) is 5.16. The number of halogens is 1. The number of benzene rings is 1. The number of aromatic nitrogens is 4. The molecule has 3 rings (SSSR count). The zero-order chi connectivity index (χ0) is 16.4. The van der Waals surface area contributed by atoms with Gasteiger partial charge in [0, 0.05) is 16.6 Å². The number of anilines is 1. The molecular weight excluding hydrogens is 334 g/mol. The number of rotatable bonds is 4. The first-order valence-electron chi connectivity index (χ1n) is 6.98. The summed E-state index contributed by atoms with van der Waals surface area (Å²) < 4.78 is 1.66. The van der Waals surface area contributed by atoms with E-state index in [1.807, 2.05) is 26.0 Å². The third kappa shape index (κ3) is 3.25. The number of thiazole rings is 1. The average molecular weight is 348 g/mol. The van der Waals surface area contributed by atoms with Crippen LogP contribution in [0.3, 0.4) is 0 Å². The number of amides is 1.